The summed E-state index contributed by atoms with van der Waals surface area (Å²) in [5, 5.41) is 0.606. The van der Waals surface area contributed by atoms with Crippen molar-refractivity contribution in [1.29, 1.82) is 0 Å². The molecule has 0 aliphatic rings. The molecule has 0 aliphatic heterocycles. The minimum Gasteiger partial charge on any atom is -0.460 e. The van der Waals surface area contributed by atoms with Crippen LogP contribution in [-0.4, -0.2) is 0 Å². The number of hydrogen-bond donors (Lipinski definition) is 0. The Morgan fingerprint density at radius 3 is 2.75 bits per heavy atom. The van der Waals surface area contributed by atoms with E-state index in [9.17, 15) is 8.78 Å². The van der Waals surface area contributed by atoms with Crippen LogP contribution in [0, 0.1) is 15.2 Å². The van der Waals surface area contributed by atoms with Crippen molar-refractivity contribution in [2.75, 3.05) is 0 Å². The molecule has 0 radical (unpaired) electrons. The van der Waals surface area contributed by atoms with Gasteiger partial charge in [0, 0.05) is 5.39 Å². The molecule has 0 saturated heterocycles. The van der Waals surface area contributed by atoms with Crippen LogP contribution in [0.5, 0.6) is 0 Å². The van der Waals surface area contributed by atoms with Crippen molar-refractivity contribution in [2.45, 2.75) is 0 Å². The lowest BCUT2D eigenvalue weighted by Crippen LogP contribution is -1.82. The number of halogens is 3. The first-order valence-electron chi connectivity index (χ1n) is 3.21. The highest BCUT2D eigenvalue weighted by Gasteiger charge is 2.11. The van der Waals surface area contributed by atoms with Gasteiger partial charge in [0.05, 0.1) is 3.57 Å². The van der Waals surface area contributed by atoms with Gasteiger partial charge in [-0.25, -0.2) is 4.39 Å². The lowest BCUT2D eigenvalue weighted by atomic mass is 10.2. The van der Waals surface area contributed by atoms with Gasteiger partial charge in [-0.1, -0.05) is 0 Å². The van der Waals surface area contributed by atoms with Crippen LogP contribution in [0.15, 0.2) is 22.8 Å². The molecule has 1 heterocycles. The molecule has 0 saturated carbocycles. The summed E-state index contributed by atoms with van der Waals surface area (Å²) in [6, 6.07) is 2.59. The Hall–Kier alpha value is -0.650. The highest BCUT2D eigenvalue weighted by Crippen LogP contribution is 2.26. The minimum absolute atomic E-state index is 0.0144. The van der Waals surface area contributed by atoms with E-state index in [1.54, 1.807) is 0 Å². The van der Waals surface area contributed by atoms with Crippen molar-refractivity contribution in [3.63, 3.8) is 0 Å². The van der Waals surface area contributed by atoms with Crippen LogP contribution in [0.2, 0.25) is 0 Å². The maximum absolute atomic E-state index is 12.9. The average molecular weight is 280 g/mol. The van der Waals surface area contributed by atoms with Crippen LogP contribution in [0.3, 0.4) is 0 Å². The van der Waals surface area contributed by atoms with Gasteiger partial charge in [-0.15, -0.1) is 0 Å². The first-order valence-corrected chi connectivity index (χ1v) is 4.28. The standard InChI is InChI=1S/C8H3F2IO/c9-5-2-1-4-6(11)3-12-8(4)7(5)10/h1-3H. The van der Waals surface area contributed by atoms with Crippen LogP contribution in [-0.2, 0) is 0 Å². The molecule has 62 valence electrons. The number of rotatable bonds is 0. The van der Waals surface area contributed by atoms with Crippen LogP contribution in [0.1, 0.15) is 0 Å². The number of furan rings is 1. The normalized spacial score (nSPS) is 10.9. The highest BCUT2D eigenvalue weighted by atomic mass is 127. The Morgan fingerprint density at radius 1 is 1.25 bits per heavy atom. The zero-order valence-corrected chi connectivity index (χ0v) is 7.93. The van der Waals surface area contributed by atoms with E-state index >= 15 is 0 Å². The number of fused-ring (bicyclic) bond motifs is 1. The monoisotopic (exact) mass is 280 g/mol. The van der Waals surface area contributed by atoms with Crippen LogP contribution in [0.25, 0.3) is 11.0 Å². The minimum atomic E-state index is -0.921. The molecule has 0 fully saturated rings. The molecule has 2 aromatic rings. The molecule has 12 heavy (non-hydrogen) atoms. The second-order valence-corrected chi connectivity index (χ2v) is 3.48. The van der Waals surface area contributed by atoms with Crippen molar-refractivity contribution in [2.24, 2.45) is 0 Å². The summed E-state index contributed by atoms with van der Waals surface area (Å²) in [6.45, 7) is 0. The summed E-state index contributed by atoms with van der Waals surface area (Å²) >= 11 is 2.00. The second-order valence-electron chi connectivity index (χ2n) is 2.32. The molecular formula is C8H3F2IO. The van der Waals surface area contributed by atoms with Crippen molar-refractivity contribution < 1.29 is 13.2 Å². The Balaban J connectivity index is 2.93. The summed E-state index contributed by atoms with van der Waals surface area (Å²) in [7, 11) is 0. The van der Waals surface area contributed by atoms with E-state index < -0.39 is 11.6 Å². The van der Waals surface area contributed by atoms with E-state index in [0.29, 0.717) is 5.39 Å². The lowest BCUT2D eigenvalue weighted by Gasteiger charge is -1.92. The van der Waals surface area contributed by atoms with Crippen molar-refractivity contribution in [3.05, 3.63) is 33.6 Å². The van der Waals surface area contributed by atoms with E-state index in [0.717, 1.165) is 9.64 Å². The van der Waals surface area contributed by atoms with Gasteiger partial charge in [-0.3, -0.25) is 0 Å². The number of benzene rings is 1. The molecular weight excluding hydrogens is 277 g/mol. The third kappa shape index (κ3) is 1.01. The Morgan fingerprint density at radius 2 is 2.00 bits per heavy atom. The van der Waals surface area contributed by atoms with Crippen LogP contribution >= 0.6 is 22.6 Å². The summed E-state index contributed by atoms with van der Waals surface area (Å²) < 4.78 is 31.2. The molecule has 2 rings (SSSR count). The van der Waals surface area contributed by atoms with Crippen molar-refractivity contribution >= 4 is 33.6 Å². The molecule has 0 spiro atoms. The zero-order valence-electron chi connectivity index (χ0n) is 5.77. The predicted octanol–water partition coefficient (Wildman–Crippen LogP) is 3.32. The fourth-order valence-corrected chi connectivity index (χ4v) is 1.56. The van der Waals surface area contributed by atoms with E-state index in [1.165, 1.54) is 12.3 Å². The van der Waals surface area contributed by atoms with Crippen molar-refractivity contribution in [3.8, 4) is 0 Å². The average Bonchev–Trinajstić information content (AvgIpc) is 2.41. The van der Waals surface area contributed by atoms with E-state index in [4.69, 9.17) is 4.42 Å². The molecule has 0 aliphatic carbocycles. The maximum atomic E-state index is 12.9. The van der Waals surface area contributed by atoms with Gasteiger partial charge < -0.3 is 4.42 Å². The van der Waals surface area contributed by atoms with Gasteiger partial charge >= 0.3 is 0 Å². The van der Waals surface area contributed by atoms with Crippen LogP contribution in [0.4, 0.5) is 8.78 Å². The molecule has 0 amide bonds. The molecule has 1 aromatic heterocycles. The van der Waals surface area contributed by atoms with Gasteiger partial charge in [0.1, 0.15) is 6.26 Å². The smallest absolute Gasteiger partial charge is 0.201 e. The summed E-state index contributed by atoms with van der Waals surface area (Å²) in [6.07, 6.45) is 1.40. The first-order chi connectivity index (χ1) is 5.70. The Labute approximate surface area is 80.5 Å². The van der Waals surface area contributed by atoms with Crippen LogP contribution < -0.4 is 0 Å². The third-order valence-electron chi connectivity index (χ3n) is 1.59. The fraction of sp³-hybridized carbons (Fsp3) is 0. The summed E-state index contributed by atoms with van der Waals surface area (Å²) in [4.78, 5) is 0. The van der Waals surface area contributed by atoms with Gasteiger partial charge in [0.25, 0.3) is 0 Å². The molecule has 0 atom stereocenters. The summed E-state index contributed by atoms with van der Waals surface area (Å²) in [5.41, 5.74) is -0.0144. The fourth-order valence-electron chi connectivity index (χ4n) is 1.01. The molecule has 4 heteroatoms. The largest absolute Gasteiger partial charge is 0.460 e. The molecule has 1 aromatic carbocycles. The van der Waals surface area contributed by atoms with Crippen molar-refractivity contribution in [1.82, 2.24) is 0 Å². The lowest BCUT2D eigenvalue weighted by molar-refractivity contribution is 0.491. The topological polar surface area (TPSA) is 13.1 Å². The second kappa shape index (κ2) is 2.69. The molecule has 0 unspecified atom stereocenters. The maximum Gasteiger partial charge on any atom is 0.201 e. The van der Waals surface area contributed by atoms with Gasteiger partial charge in [0.15, 0.2) is 11.4 Å². The highest BCUT2D eigenvalue weighted by molar-refractivity contribution is 14.1. The Bertz CT molecular complexity index is 436. The summed E-state index contributed by atoms with van der Waals surface area (Å²) in [5.74, 6) is -1.80. The molecule has 1 nitrogen and oxygen atoms in total. The number of hydrogen-bond acceptors (Lipinski definition) is 1. The Kier molecular flexibility index (Phi) is 1.79. The molecule has 0 N–H and O–H groups in total. The quantitative estimate of drug-likeness (QED) is 0.675. The van der Waals surface area contributed by atoms with E-state index in [2.05, 4.69) is 0 Å². The van der Waals surface area contributed by atoms with Gasteiger partial charge in [0.2, 0.25) is 5.82 Å². The SMILES string of the molecule is Fc1ccc2c(I)coc2c1F. The third-order valence-corrected chi connectivity index (χ3v) is 2.42. The van der Waals surface area contributed by atoms with E-state index in [1.807, 2.05) is 22.6 Å². The molecule has 0 bridgehead atoms. The van der Waals surface area contributed by atoms with E-state index in [-0.39, 0.29) is 5.58 Å². The predicted molar refractivity (Wildman–Crippen MR) is 48.8 cm³/mol. The van der Waals surface area contributed by atoms with Gasteiger partial charge in [-0.2, -0.15) is 4.39 Å². The first kappa shape index (κ1) is 7.97. The zero-order chi connectivity index (χ0) is 8.72. The van der Waals surface area contributed by atoms with Gasteiger partial charge in [-0.05, 0) is 34.7 Å².